The SMILES string of the molecule is C=CC(=O)OCCC1CCC(c2cc(OCCOC(=O)C(=C)COC)ccc2-c2ccc(-c3ccc(OCCOC(=O)C(=C)CO)cc3)cc2)CC1. The minimum Gasteiger partial charge on any atom is -0.490 e. The van der Waals surface area contributed by atoms with E-state index in [0.29, 0.717) is 29.9 Å². The van der Waals surface area contributed by atoms with Crippen LogP contribution in [0, 0.1) is 5.92 Å². The van der Waals surface area contributed by atoms with Gasteiger partial charge in [-0.3, -0.25) is 0 Å². The van der Waals surface area contributed by atoms with Gasteiger partial charge in [-0.25, -0.2) is 14.4 Å². The molecular formula is C42H48O10. The summed E-state index contributed by atoms with van der Waals surface area (Å²) in [4.78, 5) is 35.1. The molecule has 4 rings (SSSR count). The highest BCUT2D eigenvalue weighted by molar-refractivity contribution is 5.88. The number of esters is 3. The van der Waals surface area contributed by atoms with Crippen molar-refractivity contribution in [3.05, 3.63) is 109 Å². The van der Waals surface area contributed by atoms with Crippen molar-refractivity contribution in [3.63, 3.8) is 0 Å². The van der Waals surface area contributed by atoms with E-state index >= 15 is 0 Å². The maximum Gasteiger partial charge on any atom is 0.335 e. The van der Waals surface area contributed by atoms with Crippen LogP contribution in [-0.2, 0) is 33.3 Å². The van der Waals surface area contributed by atoms with Gasteiger partial charge in [0.1, 0.15) is 37.9 Å². The Hall–Kier alpha value is -5.19. The average molecular weight is 713 g/mol. The van der Waals surface area contributed by atoms with Crippen LogP contribution in [0.3, 0.4) is 0 Å². The first kappa shape index (κ1) is 39.6. The van der Waals surface area contributed by atoms with E-state index in [1.807, 2.05) is 30.3 Å². The standard InChI is InChI=1S/C42H48O10/c1-5-40(44)50-21-20-31-6-8-35(9-7-31)39-26-37(49-23-25-52-42(46)30(3)28-47-4)18-19-38(39)34-12-10-32(11-13-34)33-14-16-36(17-15-33)48-22-24-51-41(45)29(2)27-43/h5,10-19,26,31,35,43H,1-3,6-9,20-25,27-28H2,4H3. The molecule has 0 aromatic heterocycles. The van der Waals surface area contributed by atoms with Crippen molar-refractivity contribution in [3.8, 4) is 33.8 Å². The lowest BCUT2D eigenvalue weighted by Crippen LogP contribution is -2.17. The number of benzene rings is 3. The summed E-state index contributed by atoms with van der Waals surface area (Å²) in [5.74, 6) is 0.628. The number of carbonyl (C=O) groups is 3. The number of hydrogen-bond donors (Lipinski definition) is 1. The van der Waals surface area contributed by atoms with Gasteiger partial charge in [-0.1, -0.05) is 62.2 Å². The molecular weight excluding hydrogens is 664 g/mol. The van der Waals surface area contributed by atoms with Gasteiger partial charge in [0, 0.05) is 13.2 Å². The van der Waals surface area contributed by atoms with Crippen LogP contribution >= 0.6 is 0 Å². The number of aliphatic hydroxyl groups excluding tert-OH is 1. The molecule has 0 amide bonds. The minimum atomic E-state index is -0.643. The second-order valence-corrected chi connectivity index (χ2v) is 12.5. The Bertz CT molecular complexity index is 1670. The van der Waals surface area contributed by atoms with E-state index in [2.05, 4.69) is 56.1 Å². The van der Waals surface area contributed by atoms with E-state index in [9.17, 15) is 14.4 Å². The highest BCUT2D eigenvalue weighted by Gasteiger charge is 2.25. The van der Waals surface area contributed by atoms with E-state index in [-0.39, 0.29) is 50.1 Å². The number of ether oxygens (including phenoxy) is 6. The molecule has 1 fully saturated rings. The molecule has 0 atom stereocenters. The molecule has 0 saturated heterocycles. The maximum absolute atomic E-state index is 12.1. The summed E-state index contributed by atoms with van der Waals surface area (Å²) in [6.07, 6.45) is 6.10. The second-order valence-electron chi connectivity index (χ2n) is 12.5. The molecule has 3 aromatic rings. The van der Waals surface area contributed by atoms with Crippen molar-refractivity contribution in [2.45, 2.75) is 38.0 Å². The molecule has 1 saturated carbocycles. The summed E-state index contributed by atoms with van der Waals surface area (Å²) in [5.41, 5.74) is 5.76. The van der Waals surface area contributed by atoms with Crippen LogP contribution in [0.5, 0.6) is 11.5 Å². The number of hydrogen-bond acceptors (Lipinski definition) is 10. The smallest absolute Gasteiger partial charge is 0.335 e. The van der Waals surface area contributed by atoms with Crippen LogP contribution in [0.1, 0.15) is 43.6 Å². The highest BCUT2D eigenvalue weighted by Crippen LogP contribution is 2.42. The van der Waals surface area contributed by atoms with Crippen LogP contribution in [0.25, 0.3) is 22.3 Å². The maximum atomic E-state index is 12.1. The van der Waals surface area contributed by atoms with Crippen LogP contribution in [-0.4, -0.2) is 76.4 Å². The van der Waals surface area contributed by atoms with Gasteiger partial charge in [0.15, 0.2) is 0 Å². The zero-order valence-corrected chi connectivity index (χ0v) is 29.8. The summed E-state index contributed by atoms with van der Waals surface area (Å²) in [6.45, 7) is 11.2. The minimum absolute atomic E-state index is 0.000339. The van der Waals surface area contributed by atoms with Crippen LogP contribution in [0.15, 0.2) is 104 Å². The van der Waals surface area contributed by atoms with Gasteiger partial charge in [0.25, 0.3) is 0 Å². The normalized spacial score (nSPS) is 15.2. The summed E-state index contributed by atoms with van der Waals surface area (Å²) >= 11 is 0. The van der Waals surface area contributed by atoms with Crippen LogP contribution in [0.4, 0.5) is 0 Å². The third-order valence-electron chi connectivity index (χ3n) is 8.89. The summed E-state index contributed by atoms with van der Waals surface area (Å²) < 4.78 is 32.2. The van der Waals surface area contributed by atoms with Gasteiger partial charge in [-0.15, -0.1) is 0 Å². The molecule has 1 aliphatic rings. The molecule has 0 aliphatic heterocycles. The van der Waals surface area contributed by atoms with E-state index in [4.69, 9.17) is 33.5 Å². The first-order valence-corrected chi connectivity index (χ1v) is 17.4. The van der Waals surface area contributed by atoms with E-state index in [0.717, 1.165) is 54.4 Å². The summed E-state index contributed by atoms with van der Waals surface area (Å²) in [6, 6.07) is 22.3. The van der Waals surface area contributed by atoms with Crippen molar-refractivity contribution < 1.29 is 47.9 Å². The van der Waals surface area contributed by atoms with Crippen molar-refractivity contribution in [1.82, 2.24) is 0 Å². The lowest BCUT2D eigenvalue weighted by molar-refractivity contribution is -0.141. The lowest BCUT2D eigenvalue weighted by atomic mass is 9.76. The number of aliphatic hydroxyl groups is 1. The monoisotopic (exact) mass is 712 g/mol. The third kappa shape index (κ3) is 12.0. The number of carbonyl (C=O) groups excluding carboxylic acids is 3. The molecule has 10 heteroatoms. The predicted octanol–water partition coefficient (Wildman–Crippen LogP) is 7.01. The highest BCUT2D eigenvalue weighted by atomic mass is 16.6. The molecule has 52 heavy (non-hydrogen) atoms. The van der Waals surface area contributed by atoms with Gasteiger partial charge in [0.05, 0.1) is 31.0 Å². The quantitative estimate of drug-likeness (QED) is 0.0566. The Morgan fingerprint density at radius 2 is 1.27 bits per heavy atom. The first-order valence-electron chi connectivity index (χ1n) is 17.4. The predicted molar refractivity (Wildman–Crippen MR) is 198 cm³/mol. The first-order chi connectivity index (χ1) is 25.2. The largest absolute Gasteiger partial charge is 0.490 e. The number of rotatable bonds is 20. The van der Waals surface area contributed by atoms with Crippen molar-refractivity contribution in [1.29, 1.82) is 0 Å². The van der Waals surface area contributed by atoms with Gasteiger partial charge < -0.3 is 33.5 Å². The lowest BCUT2D eigenvalue weighted by Gasteiger charge is -2.30. The second kappa shape index (κ2) is 20.6. The van der Waals surface area contributed by atoms with Crippen LogP contribution in [0.2, 0.25) is 0 Å². The fraction of sp³-hybridized carbons (Fsp3) is 0.357. The fourth-order valence-electron chi connectivity index (χ4n) is 6.05. The molecule has 1 N–H and O–H groups in total. The van der Waals surface area contributed by atoms with E-state index in [1.54, 1.807) is 0 Å². The van der Waals surface area contributed by atoms with Gasteiger partial charge in [-0.05, 0) is 96.0 Å². The molecule has 0 unspecified atom stereocenters. The Balaban J connectivity index is 1.42. The zero-order valence-electron chi connectivity index (χ0n) is 29.8. The topological polar surface area (TPSA) is 127 Å². The Morgan fingerprint density at radius 3 is 1.87 bits per heavy atom. The molecule has 0 radical (unpaired) electrons. The molecule has 276 valence electrons. The van der Waals surface area contributed by atoms with Crippen molar-refractivity contribution in [2.75, 3.05) is 53.4 Å². The van der Waals surface area contributed by atoms with Gasteiger partial charge in [-0.2, -0.15) is 0 Å². The van der Waals surface area contributed by atoms with E-state index in [1.165, 1.54) is 18.7 Å². The van der Waals surface area contributed by atoms with Crippen molar-refractivity contribution >= 4 is 17.9 Å². The molecule has 0 bridgehead atoms. The molecule has 0 spiro atoms. The average Bonchev–Trinajstić information content (AvgIpc) is 3.18. The van der Waals surface area contributed by atoms with Crippen molar-refractivity contribution in [2.24, 2.45) is 5.92 Å². The molecule has 3 aromatic carbocycles. The summed E-state index contributed by atoms with van der Waals surface area (Å²) in [5, 5.41) is 8.96. The Morgan fingerprint density at radius 1 is 0.712 bits per heavy atom. The fourth-order valence-corrected chi connectivity index (χ4v) is 6.05. The Kier molecular flexibility index (Phi) is 15.7. The summed E-state index contributed by atoms with van der Waals surface area (Å²) in [7, 11) is 1.49. The molecule has 0 heterocycles. The van der Waals surface area contributed by atoms with E-state index < -0.39 is 18.5 Å². The number of methoxy groups -OCH3 is 1. The van der Waals surface area contributed by atoms with Crippen LogP contribution < -0.4 is 9.47 Å². The Labute approximate surface area is 305 Å². The third-order valence-corrected chi connectivity index (χ3v) is 8.89. The van der Waals surface area contributed by atoms with Gasteiger partial charge in [0.2, 0.25) is 0 Å². The molecule has 10 nitrogen and oxygen atoms in total. The van der Waals surface area contributed by atoms with Gasteiger partial charge >= 0.3 is 17.9 Å². The molecule has 1 aliphatic carbocycles. The zero-order chi connectivity index (χ0) is 37.3.